The van der Waals surface area contributed by atoms with Crippen LogP contribution in [0.2, 0.25) is 10.0 Å². The van der Waals surface area contributed by atoms with E-state index < -0.39 is 6.10 Å². The largest absolute Gasteiger partial charge is 0.481 e. The van der Waals surface area contributed by atoms with Crippen molar-refractivity contribution in [2.45, 2.75) is 39.1 Å². The Kier molecular flexibility index (Phi) is 5.36. The van der Waals surface area contributed by atoms with Gasteiger partial charge in [0.2, 0.25) is 0 Å². The normalized spacial score (nSPS) is 23.8. The fourth-order valence-corrected chi connectivity index (χ4v) is 2.97. The number of rotatable bonds is 3. The number of benzene rings is 1. The standard InChI is InChI=1S/C15H19Cl2NO3/c1-9-7-18(8-10(2)20-9)15(19)11(3)21-14-5-12(16)4-13(17)6-14/h4-6,9-11H,7-8H2,1-3H3. The Hall–Kier alpha value is -0.970. The van der Waals surface area contributed by atoms with E-state index in [4.69, 9.17) is 32.7 Å². The molecule has 3 unspecified atom stereocenters. The Morgan fingerprint density at radius 1 is 1.24 bits per heavy atom. The van der Waals surface area contributed by atoms with E-state index in [0.29, 0.717) is 28.9 Å². The minimum Gasteiger partial charge on any atom is -0.481 e. The highest BCUT2D eigenvalue weighted by molar-refractivity contribution is 6.34. The molecule has 0 radical (unpaired) electrons. The van der Waals surface area contributed by atoms with Gasteiger partial charge in [-0.1, -0.05) is 23.2 Å². The van der Waals surface area contributed by atoms with E-state index in [1.54, 1.807) is 30.0 Å². The Balaban J connectivity index is 2.02. The van der Waals surface area contributed by atoms with Gasteiger partial charge in [0.1, 0.15) is 5.75 Å². The second kappa shape index (κ2) is 6.86. The molecule has 1 aromatic rings. The van der Waals surface area contributed by atoms with Gasteiger partial charge in [-0.3, -0.25) is 4.79 Å². The van der Waals surface area contributed by atoms with E-state index in [2.05, 4.69) is 0 Å². The van der Waals surface area contributed by atoms with Crippen molar-refractivity contribution in [2.75, 3.05) is 13.1 Å². The lowest BCUT2D eigenvalue weighted by atomic mass is 10.2. The monoisotopic (exact) mass is 331 g/mol. The van der Waals surface area contributed by atoms with Crippen LogP contribution in [0.4, 0.5) is 0 Å². The molecule has 1 aromatic carbocycles. The van der Waals surface area contributed by atoms with Gasteiger partial charge in [-0.2, -0.15) is 0 Å². The van der Waals surface area contributed by atoms with Gasteiger partial charge in [-0.05, 0) is 39.0 Å². The minimum absolute atomic E-state index is 0.0329. The molecule has 1 aliphatic rings. The maximum Gasteiger partial charge on any atom is 0.263 e. The maximum absolute atomic E-state index is 12.4. The summed E-state index contributed by atoms with van der Waals surface area (Å²) in [5, 5.41) is 0.955. The Bertz CT molecular complexity index is 493. The van der Waals surface area contributed by atoms with Crippen LogP contribution in [0.1, 0.15) is 20.8 Å². The van der Waals surface area contributed by atoms with Crippen LogP contribution in [-0.2, 0) is 9.53 Å². The smallest absolute Gasteiger partial charge is 0.263 e. The van der Waals surface area contributed by atoms with Crippen LogP contribution in [0.5, 0.6) is 5.75 Å². The molecule has 1 aliphatic heterocycles. The highest BCUT2D eigenvalue weighted by Crippen LogP contribution is 2.25. The van der Waals surface area contributed by atoms with Crippen molar-refractivity contribution in [1.82, 2.24) is 4.90 Å². The van der Waals surface area contributed by atoms with E-state index in [9.17, 15) is 4.79 Å². The lowest BCUT2D eigenvalue weighted by Gasteiger charge is -2.36. The number of nitrogens with zero attached hydrogens (tertiary/aromatic N) is 1. The van der Waals surface area contributed by atoms with Crippen LogP contribution in [0.3, 0.4) is 0 Å². The lowest BCUT2D eigenvalue weighted by Crippen LogP contribution is -2.51. The molecule has 0 bridgehead atoms. The highest BCUT2D eigenvalue weighted by Gasteiger charge is 2.29. The van der Waals surface area contributed by atoms with Gasteiger partial charge in [0, 0.05) is 23.1 Å². The van der Waals surface area contributed by atoms with Crippen LogP contribution in [0.25, 0.3) is 0 Å². The first-order valence-corrected chi connectivity index (χ1v) is 7.67. The number of amides is 1. The SMILES string of the molecule is CC1CN(C(=O)C(C)Oc2cc(Cl)cc(Cl)c2)CC(C)O1. The molecule has 1 fully saturated rings. The zero-order valence-corrected chi connectivity index (χ0v) is 13.8. The first kappa shape index (κ1) is 16.4. The number of carbonyl (C=O) groups excluding carboxylic acids is 1. The maximum atomic E-state index is 12.4. The van der Waals surface area contributed by atoms with Crippen LogP contribution >= 0.6 is 23.2 Å². The molecular weight excluding hydrogens is 313 g/mol. The predicted octanol–water partition coefficient (Wildman–Crippen LogP) is 3.40. The third kappa shape index (κ3) is 4.50. The number of hydrogen-bond donors (Lipinski definition) is 0. The minimum atomic E-state index is -0.600. The topological polar surface area (TPSA) is 38.8 Å². The molecule has 0 saturated carbocycles. The summed E-state index contributed by atoms with van der Waals surface area (Å²) in [4.78, 5) is 14.2. The molecule has 116 valence electrons. The number of ether oxygens (including phenoxy) is 2. The Labute approximate surface area is 134 Å². The second-order valence-electron chi connectivity index (χ2n) is 5.37. The van der Waals surface area contributed by atoms with Crippen LogP contribution in [0.15, 0.2) is 18.2 Å². The van der Waals surface area contributed by atoms with Crippen LogP contribution in [-0.4, -0.2) is 42.2 Å². The summed E-state index contributed by atoms with van der Waals surface area (Å²) >= 11 is 11.8. The van der Waals surface area contributed by atoms with Gasteiger partial charge < -0.3 is 14.4 Å². The van der Waals surface area contributed by atoms with Gasteiger partial charge in [0.25, 0.3) is 5.91 Å². The van der Waals surface area contributed by atoms with Crippen molar-refractivity contribution >= 4 is 29.1 Å². The Morgan fingerprint density at radius 2 is 1.76 bits per heavy atom. The van der Waals surface area contributed by atoms with Crippen molar-refractivity contribution in [3.05, 3.63) is 28.2 Å². The first-order valence-electron chi connectivity index (χ1n) is 6.92. The summed E-state index contributed by atoms with van der Waals surface area (Å²) in [6, 6.07) is 4.90. The van der Waals surface area contributed by atoms with Crippen molar-refractivity contribution in [3.63, 3.8) is 0 Å². The van der Waals surface area contributed by atoms with Crippen LogP contribution in [0, 0.1) is 0 Å². The number of halogens is 2. The van der Waals surface area contributed by atoms with E-state index in [0.717, 1.165) is 0 Å². The molecule has 21 heavy (non-hydrogen) atoms. The number of morpholine rings is 1. The number of hydrogen-bond acceptors (Lipinski definition) is 3. The fraction of sp³-hybridized carbons (Fsp3) is 0.533. The van der Waals surface area contributed by atoms with Gasteiger partial charge in [0.05, 0.1) is 12.2 Å². The van der Waals surface area contributed by atoms with Crippen molar-refractivity contribution in [2.24, 2.45) is 0 Å². The summed E-state index contributed by atoms with van der Waals surface area (Å²) in [6.07, 6.45) is -0.534. The van der Waals surface area contributed by atoms with Crippen LogP contribution < -0.4 is 4.74 Å². The van der Waals surface area contributed by atoms with E-state index in [1.807, 2.05) is 13.8 Å². The molecule has 6 heteroatoms. The van der Waals surface area contributed by atoms with E-state index in [1.165, 1.54) is 0 Å². The first-order chi connectivity index (χ1) is 9.85. The summed E-state index contributed by atoms with van der Waals surface area (Å²) < 4.78 is 11.3. The van der Waals surface area contributed by atoms with Gasteiger partial charge in [-0.15, -0.1) is 0 Å². The van der Waals surface area contributed by atoms with E-state index >= 15 is 0 Å². The summed E-state index contributed by atoms with van der Waals surface area (Å²) in [6.45, 7) is 6.79. The second-order valence-corrected chi connectivity index (χ2v) is 6.24. The summed E-state index contributed by atoms with van der Waals surface area (Å²) in [5.74, 6) is 0.427. The molecule has 1 heterocycles. The summed E-state index contributed by atoms with van der Waals surface area (Å²) in [7, 11) is 0. The highest BCUT2D eigenvalue weighted by atomic mass is 35.5. The predicted molar refractivity (Wildman–Crippen MR) is 83.1 cm³/mol. The van der Waals surface area contributed by atoms with Crippen molar-refractivity contribution in [3.8, 4) is 5.75 Å². The molecule has 3 atom stereocenters. The van der Waals surface area contributed by atoms with Crippen molar-refractivity contribution < 1.29 is 14.3 Å². The molecule has 1 saturated heterocycles. The molecule has 1 amide bonds. The zero-order chi connectivity index (χ0) is 15.6. The average Bonchev–Trinajstić information content (AvgIpc) is 2.35. The van der Waals surface area contributed by atoms with E-state index in [-0.39, 0.29) is 18.1 Å². The molecule has 0 N–H and O–H groups in total. The third-order valence-corrected chi connectivity index (χ3v) is 3.66. The third-order valence-electron chi connectivity index (χ3n) is 3.23. The molecule has 0 aliphatic carbocycles. The summed E-state index contributed by atoms with van der Waals surface area (Å²) in [5.41, 5.74) is 0. The molecular formula is C15H19Cl2NO3. The lowest BCUT2D eigenvalue weighted by molar-refractivity contribution is -0.149. The van der Waals surface area contributed by atoms with Gasteiger partial charge in [0.15, 0.2) is 6.10 Å². The Morgan fingerprint density at radius 3 is 2.29 bits per heavy atom. The zero-order valence-electron chi connectivity index (χ0n) is 12.3. The van der Waals surface area contributed by atoms with Gasteiger partial charge >= 0.3 is 0 Å². The molecule has 0 aromatic heterocycles. The molecule has 2 rings (SSSR count). The number of carbonyl (C=O) groups is 1. The molecule has 0 spiro atoms. The van der Waals surface area contributed by atoms with Crippen molar-refractivity contribution in [1.29, 1.82) is 0 Å². The quantitative estimate of drug-likeness (QED) is 0.852. The van der Waals surface area contributed by atoms with Gasteiger partial charge in [-0.25, -0.2) is 0 Å². The average molecular weight is 332 g/mol. The molecule has 4 nitrogen and oxygen atoms in total. The fourth-order valence-electron chi connectivity index (χ4n) is 2.47.